The fraction of sp³-hybridized carbons (Fsp3) is 0.107. The van der Waals surface area contributed by atoms with Crippen molar-refractivity contribution in [2.24, 2.45) is 0 Å². The van der Waals surface area contributed by atoms with Gasteiger partial charge in [-0.05, 0) is 43.9 Å². The average Bonchev–Trinajstić information content (AvgIpc) is 3.25. The van der Waals surface area contributed by atoms with Gasteiger partial charge in [0.2, 0.25) is 5.82 Å². The summed E-state index contributed by atoms with van der Waals surface area (Å²) in [5, 5.41) is 9.67. The molecule has 0 aliphatic heterocycles. The van der Waals surface area contributed by atoms with Gasteiger partial charge in [-0.3, -0.25) is 4.79 Å². The molecule has 0 unspecified atom stereocenters. The quantitative estimate of drug-likeness (QED) is 0.364. The number of amides is 1. The lowest BCUT2D eigenvalue weighted by molar-refractivity contribution is 0.101. The van der Waals surface area contributed by atoms with E-state index in [1.54, 1.807) is 4.68 Å². The molecule has 4 aromatic carbocycles. The van der Waals surface area contributed by atoms with Crippen LogP contribution in [0.3, 0.4) is 0 Å². The standard InChI is InChI=1S/C28H24N4O/c1-18-11-14-22(15-12-18)27-30-26(31-32(27)25-16-13-19(2)17-20(25)3)28(33)29-24-10-6-8-21-7-4-5-9-23(21)24/h4-17H,1-3H3,(H,29,33). The number of hydrogen-bond donors (Lipinski definition) is 1. The summed E-state index contributed by atoms with van der Waals surface area (Å²) < 4.78 is 1.76. The van der Waals surface area contributed by atoms with Crippen molar-refractivity contribution in [1.82, 2.24) is 14.8 Å². The summed E-state index contributed by atoms with van der Waals surface area (Å²) in [7, 11) is 0. The van der Waals surface area contributed by atoms with Crippen LogP contribution in [0, 0.1) is 20.8 Å². The molecule has 0 saturated carbocycles. The Balaban J connectivity index is 1.59. The van der Waals surface area contributed by atoms with E-state index in [9.17, 15) is 4.79 Å². The van der Waals surface area contributed by atoms with Crippen molar-refractivity contribution in [3.63, 3.8) is 0 Å². The van der Waals surface area contributed by atoms with E-state index >= 15 is 0 Å². The molecule has 1 heterocycles. The zero-order valence-corrected chi connectivity index (χ0v) is 18.8. The van der Waals surface area contributed by atoms with Crippen LogP contribution in [-0.4, -0.2) is 20.7 Å². The van der Waals surface area contributed by atoms with Crippen molar-refractivity contribution >= 4 is 22.4 Å². The highest BCUT2D eigenvalue weighted by Gasteiger charge is 2.20. The van der Waals surface area contributed by atoms with Gasteiger partial charge in [-0.2, -0.15) is 0 Å². The van der Waals surface area contributed by atoms with Crippen LogP contribution in [-0.2, 0) is 0 Å². The Bertz CT molecular complexity index is 1480. The summed E-state index contributed by atoms with van der Waals surface area (Å²) in [5.74, 6) is 0.409. The molecule has 0 radical (unpaired) electrons. The molecule has 1 aromatic heterocycles. The molecule has 5 heteroatoms. The molecule has 0 fully saturated rings. The minimum Gasteiger partial charge on any atom is -0.319 e. The van der Waals surface area contributed by atoms with Crippen LogP contribution >= 0.6 is 0 Å². The normalized spacial score (nSPS) is 11.0. The monoisotopic (exact) mass is 432 g/mol. The van der Waals surface area contributed by atoms with Crippen molar-refractivity contribution in [2.45, 2.75) is 20.8 Å². The van der Waals surface area contributed by atoms with E-state index in [1.807, 2.05) is 92.7 Å². The summed E-state index contributed by atoms with van der Waals surface area (Å²) in [6.45, 7) is 6.14. The van der Waals surface area contributed by atoms with Gasteiger partial charge in [0.25, 0.3) is 5.91 Å². The Morgan fingerprint density at radius 1 is 0.818 bits per heavy atom. The number of aryl methyl sites for hydroxylation is 3. The first-order chi connectivity index (χ1) is 16.0. The zero-order chi connectivity index (χ0) is 22.9. The summed E-state index contributed by atoms with van der Waals surface area (Å²) in [5.41, 5.74) is 5.92. The van der Waals surface area contributed by atoms with E-state index in [0.29, 0.717) is 5.82 Å². The molecular weight excluding hydrogens is 408 g/mol. The van der Waals surface area contributed by atoms with Gasteiger partial charge in [0.15, 0.2) is 5.82 Å². The van der Waals surface area contributed by atoms with Crippen LogP contribution in [0.1, 0.15) is 27.3 Å². The van der Waals surface area contributed by atoms with Gasteiger partial charge < -0.3 is 5.32 Å². The largest absolute Gasteiger partial charge is 0.319 e. The van der Waals surface area contributed by atoms with Gasteiger partial charge in [-0.1, -0.05) is 83.9 Å². The number of nitrogens with one attached hydrogen (secondary N) is 1. The van der Waals surface area contributed by atoms with Crippen LogP contribution in [0.5, 0.6) is 0 Å². The van der Waals surface area contributed by atoms with Gasteiger partial charge in [0.1, 0.15) is 0 Å². The maximum Gasteiger partial charge on any atom is 0.295 e. The van der Waals surface area contributed by atoms with E-state index in [4.69, 9.17) is 0 Å². The molecule has 0 aliphatic rings. The van der Waals surface area contributed by atoms with E-state index < -0.39 is 0 Å². The third kappa shape index (κ3) is 4.01. The number of carbonyl (C=O) groups is 1. The Morgan fingerprint density at radius 3 is 2.33 bits per heavy atom. The third-order valence-electron chi connectivity index (χ3n) is 5.74. The van der Waals surface area contributed by atoms with Crippen molar-refractivity contribution in [2.75, 3.05) is 5.32 Å². The maximum atomic E-state index is 13.2. The Hall–Kier alpha value is -4.25. The van der Waals surface area contributed by atoms with Gasteiger partial charge in [-0.15, -0.1) is 5.10 Å². The van der Waals surface area contributed by atoms with E-state index in [2.05, 4.69) is 28.4 Å². The molecule has 5 rings (SSSR count). The lowest BCUT2D eigenvalue weighted by atomic mass is 10.1. The fourth-order valence-corrected chi connectivity index (χ4v) is 4.02. The molecule has 5 nitrogen and oxygen atoms in total. The minimum atomic E-state index is -0.344. The molecule has 162 valence electrons. The number of aromatic nitrogens is 3. The predicted molar refractivity (Wildman–Crippen MR) is 133 cm³/mol. The first-order valence-corrected chi connectivity index (χ1v) is 10.9. The molecule has 0 saturated heterocycles. The molecule has 33 heavy (non-hydrogen) atoms. The molecule has 0 atom stereocenters. The van der Waals surface area contributed by atoms with Gasteiger partial charge in [-0.25, -0.2) is 9.67 Å². The molecule has 0 spiro atoms. The zero-order valence-electron chi connectivity index (χ0n) is 18.8. The highest BCUT2D eigenvalue weighted by Crippen LogP contribution is 2.26. The minimum absolute atomic E-state index is 0.124. The summed E-state index contributed by atoms with van der Waals surface area (Å²) in [6, 6.07) is 28.0. The third-order valence-corrected chi connectivity index (χ3v) is 5.74. The van der Waals surface area contributed by atoms with E-state index in [-0.39, 0.29) is 11.7 Å². The van der Waals surface area contributed by atoms with Crippen molar-refractivity contribution in [3.05, 3.63) is 107 Å². The number of nitrogens with zero attached hydrogens (tertiary/aromatic N) is 3. The van der Waals surface area contributed by atoms with Crippen LogP contribution in [0.4, 0.5) is 5.69 Å². The SMILES string of the molecule is Cc1ccc(-c2nc(C(=O)Nc3cccc4ccccc34)nn2-c2ccc(C)cc2C)cc1. The van der Waals surface area contributed by atoms with Gasteiger partial charge in [0.05, 0.1) is 5.69 Å². The topological polar surface area (TPSA) is 59.8 Å². The van der Waals surface area contributed by atoms with Crippen LogP contribution in [0.25, 0.3) is 27.8 Å². The Labute approximate surface area is 192 Å². The van der Waals surface area contributed by atoms with Gasteiger partial charge >= 0.3 is 0 Å². The highest BCUT2D eigenvalue weighted by molar-refractivity contribution is 6.07. The fourth-order valence-electron chi connectivity index (χ4n) is 4.02. The Kier molecular flexibility index (Phi) is 5.23. The first kappa shape index (κ1) is 20.6. The molecule has 1 amide bonds. The van der Waals surface area contributed by atoms with Crippen molar-refractivity contribution in [1.29, 1.82) is 0 Å². The second kappa shape index (κ2) is 8.36. The second-order valence-electron chi connectivity index (χ2n) is 8.31. The summed E-state index contributed by atoms with van der Waals surface area (Å²) in [6.07, 6.45) is 0. The first-order valence-electron chi connectivity index (χ1n) is 10.9. The number of anilines is 1. The average molecular weight is 433 g/mol. The predicted octanol–water partition coefficient (Wildman–Crippen LogP) is 6.27. The number of benzene rings is 4. The van der Waals surface area contributed by atoms with Crippen LogP contribution in [0.15, 0.2) is 84.9 Å². The second-order valence-corrected chi connectivity index (χ2v) is 8.31. The Morgan fingerprint density at radius 2 is 1.55 bits per heavy atom. The molecule has 5 aromatic rings. The molecule has 0 bridgehead atoms. The van der Waals surface area contributed by atoms with Gasteiger partial charge in [0, 0.05) is 16.6 Å². The molecule has 0 aliphatic carbocycles. The van der Waals surface area contributed by atoms with E-state index in [1.165, 1.54) is 5.56 Å². The smallest absolute Gasteiger partial charge is 0.295 e. The molecule has 1 N–H and O–H groups in total. The van der Waals surface area contributed by atoms with Crippen molar-refractivity contribution in [3.8, 4) is 17.1 Å². The van der Waals surface area contributed by atoms with E-state index in [0.717, 1.165) is 38.8 Å². The number of rotatable bonds is 4. The van der Waals surface area contributed by atoms with Crippen LogP contribution < -0.4 is 5.32 Å². The summed E-state index contributed by atoms with van der Waals surface area (Å²) in [4.78, 5) is 17.9. The number of carbonyl (C=O) groups excluding carboxylic acids is 1. The highest BCUT2D eigenvalue weighted by atomic mass is 16.2. The maximum absolute atomic E-state index is 13.2. The molecular formula is C28H24N4O. The number of hydrogen-bond acceptors (Lipinski definition) is 3. The lowest BCUT2D eigenvalue weighted by Gasteiger charge is -2.10. The summed E-state index contributed by atoms with van der Waals surface area (Å²) >= 11 is 0. The lowest BCUT2D eigenvalue weighted by Crippen LogP contribution is -2.14. The van der Waals surface area contributed by atoms with Crippen LogP contribution in [0.2, 0.25) is 0 Å². The number of fused-ring (bicyclic) bond motifs is 1. The van der Waals surface area contributed by atoms with Crippen molar-refractivity contribution < 1.29 is 4.79 Å².